The number of carbonyl (C=O) groups is 1. The van der Waals surface area contributed by atoms with E-state index in [0.29, 0.717) is 26.2 Å². The van der Waals surface area contributed by atoms with E-state index >= 15 is 0 Å². The van der Waals surface area contributed by atoms with Crippen LogP contribution in [-0.2, 0) is 4.79 Å². The molecule has 0 aliphatic heterocycles. The molecular formula is C18H29IN4O3. The quantitative estimate of drug-likeness (QED) is 0.208. The Bertz CT molecular complexity index is 579. The Kier molecular flexibility index (Phi) is 10.8. The van der Waals surface area contributed by atoms with Gasteiger partial charge in [0.2, 0.25) is 5.91 Å². The number of halogens is 1. The molecule has 146 valence electrons. The molecule has 3 N–H and O–H groups in total. The highest BCUT2D eigenvalue weighted by molar-refractivity contribution is 14.0. The minimum Gasteiger partial charge on any atom is -0.497 e. The van der Waals surface area contributed by atoms with Crippen molar-refractivity contribution in [3.8, 4) is 11.5 Å². The first-order valence-corrected chi connectivity index (χ1v) is 8.79. The molecule has 26 heavy (non-hydrogen) atoms. The lowest BCUT2D eigenvalue weighted by molar-refractivity contribution is -0.122. The molecule has 1 aromatic carbocycles. The Hall–Kier alpha value is -1.71. The van der Waals surface area contributed by atoms with Gasteiger partial charge < -0.3 is 25.4 Å². The predicted octanol–water partition coefficient (Wildman–Crippen LogP) is 1.77. The van der Waals surface area contributed by atoms with E-state index < -0.39 is 0 Å². The standard InChI is InChI=1S/C18H28N4O3.HI/c1-3-19-18(21-10-9-20-17(23)14-7-8-14)22-11-12-25-16-6-4-5-15(13-16)24-2;/h4-6,13-14H,3,7-12H2,1-2H3,(H,20,23)(H2,19,21,22);1H. The average molecular weight is 476 g/mol. The lowest BCUT2D eigenvalue weighted by atomic mass is 10.3. The minimum absolute atomic E-state index is 0. The van der Waals surface area contributed by atoms with E-state index in [1.54, 1.807) is 7.11 Å². The third-order valence-electron chi connectivity index (χ3n) is 3.68. The number of aliphatic imine (C=N–C) groups is 1. The highest BCUT2D eigenvalue weighted by atomic mass is 127. The van der Waals surface area contributed by atoms with Crippen molar-refractivity contribution in [2.24, 2.45) is 10.9 Å². The number of hydrogen-bond acceptors (Lipinski definition) is 4. The van der Waals surface area contributed by atoms with Crippen molar-refractivity contribution in [1.29, 1.82) is 0 Å². The highest BCUT2D eigenvalue weighted by Gasteiger charge is 2.28. The van der Waals surface area contributed by atoms with Crippen molar-refractivity contribution in [2.45, 2.75) is 19.8 Å². The zero-order valence-electron chi connectivity index (χ0n) is 15.4. The number of amides is 1. The van der Waals surface area contributed by atoms with Crippen LogP contribution >= 0.6 is 24.0 Å². The number of guanidine groups is 1. The molecule has 8 heteroatoms. The van der Waals surface area contributed by atoms with Crippen LogP contribution in [0.15, 0.2) is 29.3 Å². The summed E-state index contributed by atoms with van der Waals surface area (Å²) in [5.74, 6) is 2.65. The van der Waals surface area contributed by atoms with Crippen LogP contribution < -0.4 is 25.4 Å². The van der Waals surface area contributed by atoms with Crippen molar-refractivity contribution in [3.63, 3.8) is 0 Å². The second-order valence-corrected chi connectivity index (χ2v) is 5.78. The molecule has 0 saturated heterocycles. The molecule has 0 radical (unpaired) electrons. The molecule has 2 rings (SSSR count). The van der Waals surface area contributed by atoms with Crippen molar-refractivity contribution in [2.75, 3.05) is 39.9 Å². The lowest BCUT2D eigenvalue weighted by Gasteiger charge is -2.12. The van der Waals surface area contributed by atoms with Gasteiger partial charge in [0, 0.05) is 25.1 Å². The van der Waals surface area contributed by atoms with Crippen LogP contribution in [0.3, 0.4) is 0 Å². The molecule has 1 saturated carbocycles. The van der Waals surface area contributed by atoms with Crippen LogP contribution in [0.5, 0.6) is 11.5 Å². The van der Waals surface area contributed by atoms with Gasteiger partial charge >= 0.3 is 0 Å². The number of ether oxygens (including phenoxy) is 2. The zero-order chi connectivity index (χ0) is 17.9. The SMILES string of the molecule is CCNC(=NCCNC(=O)C1CC1)NCCOc1cccc(OC)c1.I. The van der Waals surface area contributed by atoms with Crippen LogP contribution in [0.25, 0.3) is 0 Å². The second kappa shape index (κ2) is 12.6. The molecule has 0 aromatic heterocycles. The van der Waals surface area contributed by atoms with Crippen LogP contribution in [0.4, 0.5) is 0 Å². The molecule has 1 fully saturated rings. The van der Waals surface area contributed by atoms with Gasteiger partial charge in [-0.05, 0) is 31.9 Å². The smallest absolute Gasteiger partial charge is 0.223 e. The molecule has 0 unspecified atom stereocenters. The summed E-state index contributed by atoms with van der Waals surface area (Å²) in [7, 11) is 1.63. The predicted molar refractivity (Wildman–Crippen MR) is 114 cm³/mol. The number of rotatable bonds is 10. The number of methoxy groups -OCH3 is 1. The van der Waals surface area contributed by atoms with Gasteiger partial charge in [0.25, 0.3) is 0 Å². The van der Waals surface area contributed by atoms with E-state index in [-0.39, 0.29) is 35.8 Å². The summed E-state index contributed by atoms with van der Waals surface area (Å²) in [6.07, 6.45) is 2.04. The van der Waals surface area contributed by atoms with E-state index in [0.717, 1.165) is 36.8 Å². The average Bonchev–Trinajstić information content (AvgIpc) is 3.47. The van der Waals surface area contributed by atoms with Gasteiger partial charge in [-0.2, -0.15) is 0 Å². The van der Waals surface area contributed by atoms with Crippen LogP contribution in [0.1, 0.15) is 19.8 Å². The lowest BCUT2D eigenvalue weighted by Crippen LogP contribution is -2.40. The van der Waals surface area contributed by atoms with Crippen molar-refractivity contribution in [1.82, 2.24) is 16.0 Å². The Balaban J connectivity index is 0.00000338. The van der Waals surface area contributed by atoms with Crippen molar-refractivity contribution in [3.05, 3.63) is 24.3 Å². The Morgan fingerprint density at radius 2 is 1.96 bits per heavy atom. The van der Waals surface area contributed by atoms with Gasteiger partial charge in [-0.3, -0.25) is 9.79 Å². The number of nitrogens with zero attached hydrogens (tertiary/aromatic N) is 1. The maximum atomic E-state index is 11.6. The topological polar surface area (TPSA) is 84.0 Å². The van der Waals surface area contributed by atoms with Gasteiger partial charge in [0.05, 0.1) is 20.2 Å². The second-order valence-electron chi connectivity index (χ2n) is 5.78. The Labute approximate surface area is 172 Å². The first-order valence-electron chi connectivity index (χ1n) is 8.79. The summed E-state index contributed by atoms with van der Waals surface area (Å²) in [6, 6.07) is 7.51. The van der Waals surface area contributed by atoms with E-state index in [1.807, 2.05) is 31.2 Å². The molecule has 0 atom stereocenters. The fraction of sp³-hybridized carbons (Fsp3) is 0.556. The minimum atomic E-state index is 0. The third kappa shape index (κ3) is 8.59. The maximum absolute atomic E-state index is 11.6. The van der Waals surface area contributed by atoms with Crippen molar-refractivity contribution < 1.29 is 14.3 Å². The van der Waals surface area contributed by atoms with E-state index in [2.05, 4.69) is 20.9 Å². The molecule has 0 bridgehead atoms. The van der Waals surface area contributed by atoms with Crippen LogP contribution in [-0.4, -0.2) is 51.8 Å². The summed E-state index contributed by atoms with van der Waals surface area (Å²) in [6.45, 7) is 5.03. The fourth-order valence-corrected chi connectivity index (χ4v) is 2.21. The Morgan fingerprint density at radius 1 is 1.19 bits per heavy atom. The molecule has 0 spiro atoms. The number of benzene rings is 1. The maximum Gasteiger partial charge on any atom is 0.223 e. The molecule has 1 aliphatic rings. The van der Waals surface area contributed by atoms with Crippen molar-refractivity contribution >= 4 is 35.8 Å². The number of nitrogens with one attached hydrogen (secondary N) is 3. The third-order valence-corrected chi connectivity index (χ3v) is 3.68. The van der Waals surface area contributed by atoms with Crippen LogP contribution in [0.2, 0.25) is 0 Å². The molecule has 1 aliphatic carbocycles. The van der Waals surface area contributed by atoms with E-state index in [4.69, 9.17) is 9.47 Å². The normalized spacial score (nSPS) is 13.4. The van der Waals surface area contributed by atoms with Gasteiger partial charge in [-0.1, -0.05) is 6.07 Å². The van der Waals surface area contributed by atoms with Gasteiger partial charge in [0.1, 0.15) is 18.1 Å². The summed E-state index contributed by atoms with van der Waals surface area (Å²) < 4.78 is 10.9. The molecule has 1 aromatic rings. The summed E-state index contributed by atoms with van der Waals surface area (Å²) in [5, 5.41) is 9.29. The van der Waals surface area contributed by atoms with Gasteiger partial charge in [-0.15, -0.1) is 24.0 Å². The molecule has 7 nitrogen and oxygen atoms in total. The summed E-state index contributed by atoms with van der Waals surface area (Å²) in [4.78, 5) is 16.0. The molecule has 0 heterocycles. The highest BCUT2D eigenvalue weighted by Crippen LogP contribution is 2.28. The fourth-order valence-electron chi connectivity index (χ4n) is 2.21. The van der Waals surface area contributed by atoms with Crippen LogP contribution in [0, 0.1) is 5.92 Å². The number of carbonyl (C=O) groups excluding carboxylic acids is 1. The van der Waals surface area contributed by atoms with Gasteiger partial charge in [0.15, 0.2) is 5.96 Å². The zero-order valence-corrected chi connectivity index (χ0v) is 17.7. The first kappa shape index (κ1) is 22.3. The van der Waals surface area contributed by atoms with Gasteiger partial charge in [-0.25, -0.2) is 0 Å². The van der Waals surface area contributed by atoms with E-state index in [9.17, 15) is 4.79 Å². The van der Waals surface area contributed by atoms with E-state index in [1.165, 1.54) is 0 Å². The first-order chi connectivity index (χ1) is 12.2. The monoisotopic (exact) mass is 476 g/mol. The Morgan fingerprint density at radius 3 is 2.65 bits per heavy atom. The number of hydrogen-bond donors (Lipinski definition) is 3. The molecule has 1 amide bonds. The molecular weight excluding hydrogens is 447 g/mol. The largest absolute Gasteiger partial charge is 0.497 e. The summed E-state index contributed by atoms with van der Waals surface area (Å²) >= 11 is 0. The summed E-state index contributed by atoms with van der Waals surface area (Å²) in [5.41, 5.74) is 0.